The van der Waals surface area contributed by atoms with Crippen LogP contribution in [0.2, 0.25) is 0 Å². The largest absolute Gasteiger partial charge is 0.418 e. The van der Waals surface area contributed by atoms with Crippen LogP contribution in [0.4, 0.5) is 17.6 Å². The maximum absolute atomic E-state index is 12.7. The molecule has 6 heteroatoms. The summed E-state index contributed by atoms with van der Waals surface area (Å²) in [6.07, 6.45) is -7.28. The molecule has 0 saturated heterocycles. The summed E-state index contributed by atoms with van der Waals surface area (Å²) in [6, 6.07) is 2.77. The Morgan fingerprint density at radius 1 is 1.29 bits per heavy atom. The predicted molar refractivity (Wildman–Crippen MR) is 50.1 cm³/mol. The molecule has 1 unspecified atom stereocenters. The molecule has 0 saturated carbocycles. The summed E-state index contributed by atoms with van der Waals surface area (Å²) in [7, 11) is 0. The van der Waals surface area contributed by atoms with Crippen LogP contribution in [0, 0.1) is 9.39 Å². The number of hydrogen-bond donors (Lipinski definition) is 1. The Balaban J connectivity index is 3.03. The highest BCUT2D eigenvalue weighted by Gasteiger charge is 2.39. The van der Waals surface area contributed by atoms with E-state index < -0.39 is 18.1 Å². The maximum Gasteiger partial charge on any atom is 0.418 e. The first-order valence-corrected chi connectivity index (χ1v) is 4.60. The molecule has 1 aromatic rings. The van der Waals surface area contributed by atoms with Gasteiger partial charge in [-0.2, -0.15) is 13.2 Å². The molecule has 1 aromatic carbocycles. The second-order valence-corrected chi connectivity index (χ2v) is 3.78. The molecule has 1 rings (SSSR count). The van der Waals surface area contributed by atoms with Crippen molar-refractivity contribution in [3.63, 3.8) is 0 Å². The standard InChI is InChI=1S/C8H5F4IO/c9-5-2-1-4(3-6(5)13)7(14)8(10,11)12/h1-3,7,14H. The molecule has 0 aliphatic rings. The molecule has 1 N–H and O–H groups in total. The van der Waals surface area contributed by atoms with Gasteiger partial charge in [-0.15, -0.1) is 0 Å². The summed E-state index contributed by atoms with van der Waals surface area (Å²) in [5.74, 6) is -0.608. The van der Waals surface area contributed by atoms with E-state index in [0.717, 1.165) is 18.2 Å². The fourth-order valence-electron chi connectivity index (χ4n) is 0.871. The third-order valence-electron chi connectivity index (χ3n) is 1.57. The monoisotopic (exact) mass is 320 g/mol. The predicted octanol–water partition coefficient (Wildman–Crippen LogP) is 3.03. The van der Waals surface area contributed by atoms with Gasteiger partial charge in [0.25, 0.3) is 0 Å². The number of hydrogen-bond acceptors (Lipinski definition) is 1. The van der Waals surface area contributed by atoms with E-state index in [0.29, 0.717) is 0 Å². The van der Waals surface area contributed by atoms with Crippen molar-refractivity contribution in [1.82, 2.24) is 0 Å². The van der Waals surface area contributed by atoms with E-state index in [1.54, 1.807) is 22.6 Å². The lowest BCUT2D eigenvalue weighted by molar-refractivity contribution is -0.206. The van der Waals surface area contributed by atoms with Crippen molar-refractivity contribution < 1.29 is 22.7 Å². The molecule has 0 aliphatic heterocycles. The first kappa shape index (κ1) is 11.7. The number of rotatable bonds is 1. The van der Waals surface area contributed by atoms with E-state index in [1.165, 1.54) is 0 Å². The Labute approximate surface area is 90.9 Å². The number of alkyl halides is 3. The molecule has 0 spiro atoms. The molecule has 0 aliphatic carbocycles. The van der Waals surface area contributed by atoms with Crippen LogP contribution in [0.15, 0.2) is 18.2 Å². The maximum atomic E-state index is 12.7. The van der Waals surface area contributed by atoms with Crippen molar-refractivity contribution in [3.8, 4) is 0 Å². The average molecular weight is 320 g/mol. The molecule has 0 radical (unpaired) electrons. The van der Waals surface area contributed by atoms with Gasteiger partial charge in [-0.3, -0.25) is 0 Å². The average Bonchev–Trinajstić information content (AvgIpc) is 2.07. The van der Waals surface area contributed by atoms with Gasteiger partial charge in [0.15, 0.2) is 6.10 Å². The highest BCUT2D eigenvalue weighted by molar-refractivity contribution is 14.1. The Hall–Kier alpha value is -0.370. The Bertz CT molecular complexity index is 337. The minimum atomic E-state index is -4.72. The molecule has 1 nitrogen and oxygen atoms in total. The molecule has 0 fully saturated rings. The summed E-state index contributed by atoms with van der Waals surface area (Å²) < 4.78 is 48.8. The third-order valence-corrected chi connectivity index (χ3v) is 2.40. The van der Waals surface area contributed by atoms with Crippen LogP contribution < -0.4 is 0 Å². The minimum Gasteiger partial charge on any atom is -0.379 e. The molecule has 0 aromatic heterocycles. The fraction of sp³-hybridized carbons (Fsp3) is 0.250. The summed E-state index contributed by atoms with van der Waals surface area (Å²) in [6.45, 7) is 0. The molecule has 0 bridgehead atoms. The van der Waals surface area contributed by atoms with Crippen molar-refractivity contribution in [1.29, 1.82) is 0 Å². The third kappa shape index (κ3) is 2.57. The number of benzene rings is 1. The van der Waals surface area contributed by atoms with Crippen LogP contribution in [-0.2, 0) is 0 Å². The Kier molecular flexibility index (Phi) is 3.36. The smallest absolute Gasteiger partial charge is 0.379 e. The zero-order chi connectivity index (χ0) is 10.9. The highest BCUT2D eigenvalue weighted by Crippen LogP contribution is 2.33. The second-order valence-electron chi connectivity index (χ2n) is 2.62. The normalized spacial score (nSPS) is 14.1. The van der Waals surface area contributed by atoms with Gasteiger partial charge in [0.05, 0.1) is 0 Å². The highest BCUT2D eigenvalue weighted by atomic mass is 127. The summed E-state index contributed by atoms with van der Waals surface area (Å²) in [5, 5.41) is 8.82. The lowest BCUT2D eigenvalue weighted by Crippen LogP contribution is -2.20. The van der Waals surface area contributed by atoms with E-state index in [9.17, 15) is 17.6 Å². The lowest BCUT2D eigenvalue weighted by atomic mass is 10.1. The van der Waals surface area contributed by atoms with Crippen molar-refractivity contribution in [2.45, 2.75) is 12.3 Å². The second kappa shape index (κ2) is 4.01. The van der Waals surface area contributed by atoms with E-state index >= 15 is 0 Å². The molecule has 0 heterocycles. The van der Waals surface area contributed by atoms with Gasteiger partial charge in [-0.25, -0.2) is 4.39 Å². The number of aliphatic hydroxyl groups is 1. The van der Waals surface area contributed by atoms with Crippen LogP contribution in [0.25, 0.3) is 0 Å². The van der Waals surface area contributed by atoms with Gasteiger partial charge >= 0.3 is 6.18 Å². The minimum absolute atomic E-state index is 0.0448. The van der Waals surface area contributed by atoms with Crippen molar-refractivity contribution in [2.75, 3.05) is 0 Å². The summed E-state index contributed by atoms with van der Waals surface area (Å²) in [4.78, 5) is 0. The van der Waals surface area contributed by atoms with Gasteiger partial charge in [0, 0.05) is 3.57 Å². The van der Waals surface area contributed by atoms with Gasteiger partial charge in [-0.1, -0.05) is 6.07 Å². The molecule has 1 atom stereocenters. The van der Waals surface area contributed by atoms with Gasteiger partial charge in [-0.05, 0) is 40.3 Å². The SMILES string of the molecule is OC(c1ccc(F)c(I)c1)C(F)(F)F. The zero-order valence-electron chi connectivity index (χ0n) is 6.65. The van der Waals surface area contributed by atoms with Crippen LogP contribution in [0.3, 0.4) is 0 Å². The van der Waals surface area contributed by atoms with Crippen LogP contribution >= 0.6 is 22.6 Å². The van der Waals surface area contributed by atoms with Crippen LogP contribution in [0.1, 0.15) is 11.7 Å². The molecule has 78 valence electrons. The van der Waals surface area contributed by atoms with Crippen LogP contribution in [-0.4, -0.2) is 11.3 Å². The van der Waals surface area contributed by atoms with Crippen molar-refractivity contribution in [3.05, 3.63) is 33.1 Å². The Morgan fingerprint density at radius 3 is 2.29 bits per heavy atom. The topological polar surface area (TPSA) is 20.2 Å². The van der Waals surface area contributed by atoms with Crippen LogP contribution in [0.5, 0.6) is 0 Å². The van der Waals surface area contributed by atoms with Crippen molar-refractivity contribution in [2.24, 2.45) is 0 Å². The van der Waals surface area contributed by atoms with E-state index in [-0.39, 0.29) is 9.13 Å². The van der Waals surface area contributed by atoms with E-state index in [4.69, 9.17) is 5.11 Å². The lowest BCUT2D eigenvalue weighted by Gasteiger charge is -2.14. The molecule has 0 amide bonds. The molecule has 14 heavy (non-hydrogen) atoms. The first-order valence-electron chi connectivity index (χ1n) is 3.52. The van der Waals surface area contributed by atoms with E-state index in [1.807, 2.05) is 0 Å². The number of halogens is 5. The number of aliphatic hydroxyl groups excluding tert-OH is 1. The zero-order valence-corrected chi connectivity index (χ0v) is 8.80. The summed E-state index contributed by atoms with van der Waals surface area (Å²) >= 11 is 1.56. The molecular weight excluding hydrogens is 315 g/mol. The first-order chi connectivity index (χ1) is 6.32. The molecular formula is C8H5F4IO. The van der Waals surface area contributed by atoms with E-state index in [2.05, 4.69) is 0 Å². The Morgan fingerprint density at radius 2 is 1.86 bits per heavy atom. The fourth-order valence-corrected chi connectivity index (χ4v) is 1.41. The van der Waals surface area contributed by atoms with Gasteiger partial charge in [0.2, 0.25) is 0 Å². The van der Waals surface area contributed by atoms with Gasteiger partial charge in [0.1, 0.15) is 5.82 Å². The summed E-state index contributed by atoms with van der Waals surface area (Å²) in [5.41, 5.74) is -0.358. The van der Waals surface area contributed by atoms with Crippen molar-refractivity contribution >= 4 is 22.6 Å². The quantitative estimate of drug-likeness (QED) is 0.623. The van der Waals surface area contributed by atoms with Gasteiger partial charge < -0.3 is 5.11 Å².